The number of hydrogen-bond donors (Lipinski definition) is 0. The summed E-state index contributed by atoms with van der Waals surface area (Å²) in [5.41, 5.74) is 3.32. The molecule has 6 rings (SSSR count). The van der Waals surface area contributed by atoms with E-state index in [1.165, 1.54) is 41.4 Å². The number of allylic oxidation sites excluding steroid dienone is 1. The number of amides is 1. The van der Waals surface area contributed by atoms with Crippen LogP contribution in [0.2, 0.25) is 0 Å². The Kier molecular flexibility index (Phi) is 9.15. The fourth-order valence-corrected chi connectivity index (χ4v) is 7.16. The Morgan fingerprint density at radius 3 is 2.32 bits per heavy atom. The normalized spacial score (nSPS) is 23.3. The number of esters is 1. The number of nitro groups is 1. The van der Waals surface area contributed by atoms with Crippen molar-refractivity contribution in [3.8, 4) is 0 Å². The molecule has 3 aromatic carbocycles. The van der Waals surface area contributed by atoms with Crippen molar-refractivity contribution in [3.05, 3.63) is 111 Å². The molecule has 2 fully saturated rings. The van der Waals surface area contributed by atoms with E-state index >= 15 is 0 Å². The first-order valence-corrected chi connectivity index (χ1v) is 15.9. The molecule has 1 amide bonds. The smallest absolute Gasteiger partial charge is 0.338 e. The van der Waals surface area contributed by atoms with Crippen molar-refractivity contribution in [2.45, 2.75) is 45.6 Å². The number of hydrazone groups is 1. The second-order valence-corrected chi connectivity index (χ2v) is 12.8. The zero-order chi connectivity index (χ0) is 33.2. The zero-order valence-corrected chi connectivity index (χ0v) is 26.3. The van der Waals surface area contributed by atoms with Gasteiger partial charge in [-0.05, 0) is 96.7 Å². The summed E-state index contributed by atoms with van der Waals surface area (Å²) in [6.45, 7) is 4.94. The number of carbonyl (C=O) groups excluding carboxylic acids is 2. The first kappa shape index (κ1) is 32.0. The molecule has 4 atom stereocenters. The van der Waals surface area contributed by atoms with E-state index in [4.69, 9.17) is 9.84 Å². The second-order valence-electron chi connectivity index (χ2n) is 12.8. The number of benzene rings is 3. The van der Waals surface area contributed by atoms with Crippen molar-refractivity contribution < 1.29 is 28.0 Å². The van der Waals surface area contributed by atoms with Crippen LogP contribution in [0.1, 0.15) is 67.1 Å². The number of halogens is 2. The van der Waals surface area contributed by atoms with Crippen molar-refractivity contribution in [2.75, 3.05) is 24.6 Å². The molecule has 47 heavy (non-hydrogen) atoms. The lowest BCUT2D eigenvalue weighted by molar-refractivity contribution is -0.384. The third-order valence-electron chi connectivity index (χ3n) is 9.12. The highest BCUT2D eigenvalue weighted by Crippen LogP contribution is 2.44. The highest BCUT2D eigenvalue weighted by Gasteiger charge is 2.44. The molecule has 0 radical (unpaired) electrons. The highest BCUT2D eigenvalue weighted by molar-refractivity contribution is 6.08. The summed E-state index contributed by atoms with van der Waals surface area (Å²) in [6.07, 6.45) is 5.25. The molecule has 4 unspecified atom stereocenters. The SMILES string of the molecule is CC1CC(C)CN(c2ccc(C(=O)OCC(=O)N3N=C4C(=Cc5ccc(F)cc5)CCCC4C3c3ccc(F)cc3)cc2[N+](=O)[O-])C1. The van der Waals surface area contributed by atoms with Gasteiger partial charge >= 0.3 is 5.97 Å². The van der Waals surface area contributed by atoms with Gasteiger partial charge in [-0.15, -0.1) is 0 Å². The van der Waals surface area contributed by atoms with E-state index in [2.05, 4.69) is 13.8 Å². The lowest BCUT2D eigenvalue weighted by Gasteiger charge is -2.36. The van der Waals surface area contributed by atoms with Gasteiger partial charge in [0, 0.05) is 25.1 Å². The van der Waals surface area contributed by atoms with Crippen LogP contribution in [0.3, 0.4) is 0 Å². The van der Waals surface area contributed by atoms with E-state index in [0.29, 0.717) is 48.3 Å². The fourth-order valence-electron chi connectivity index (χ4n) is 7.16. The van der Waals surface area contributed by atoms with Crippen LogP contribution >= 0.6 is 0 Å². The van der Waals surface area contributed by atoms with Crippen molar-refractivity contribution in [2.24, 2.45) is 22.9 Å². The van der Waals surface area contributed by atoms with E-state index in [0.717, 1.165) is 30.4 Å². The molecule has 0 spiro atoms. The third kappa shape index (κ3) is 6.94. The van der Waals surface area contributed by atoms with Crippen LogP contribution in [0.5, 0.6) is 0 Å². The van der Waals surface area contributed by atoms with Gasteiger partial charge in [-0.25, -0.2) is 18.6 Å². The predicted octanol–water partition coefficient (Wildman–Crippen LogP) is 7.34. The minimum Gasteiger partial charge on any atom is -0.452 e. The summed E-state index contributed by atoms with van der Waals surface area (Å²) >= 11 is 0. The summed E-state index contributed by atoms with van der Waals surface area (Å²) in [6, 6.07) is 15.7. The Balaban J connectivity index is 1.23. The highest BCUT2D eigenvalue weighted by atomic mass is 19.1. The largest absolute Gasteiger partial charge is 0.452 e. The number of carbonyl (C=O) groups is 2. The Bertz CT molecular complexity index is 1730. The number of piperidine rings is 1. The molecule has 0 bridgehead atoms. The van der Waals surface area contributed by atoms with Gasteiger partial charge in [-0.2, -0.15) is 5.10 Å². The molecule has 2 heterocycles. The van der Waals surface area contributed by atoms with Gasteiger partial charge < -0.3 is 9.64 Å². The van der Waals surface area contributed by atoms with Crippen LogP contribution in [-0.2, 0) is 9.53 Å². The third-order valence-corrected chi connectivity index (χ3v) is 9.12. The van der Waals surface area contributed by atoms with Crippen LogP contribution in [0.4, 0.5) is 20.2 Å². The van der Waals surface area contributed by atoms with E-state index in [-0.39, 0.29) is 23.0 Å². The average molecular weight is 643 g/mol. The number of ether oxygens (including phenoxy) is 1. The van der Waals surface area contributed by atoms with E-state index in [9.17, 15) is 28.5 Å². The molecule has 0 aromatic heterocycles. The van der Waals surface area contributed by atoms with Crippen LogP contribution in [-0.4, -0.2) is 47.2 Å². The molecular weight excluding hydrogens is 606 g/mol. The van der Waals surface area contributed by atoms with E-state index in [1.54, 1.807) is 30.3 Å². The van der Waals surface area contributed by atoms with Gasteiger partial charge in [0.2, 0.25) is 0 Å². The Morgan fingerprint density at radius 1 is 1.00 bits per heavy atom. The minimum atomic E-state index is -0.868. The van der Waals surface area contributed by atoms with E-state index in [1.807, 2.05) is 11.0 Å². The number of rotatable bonds is 7. The number of hydrogen-bond acceptors (Lipinski definition) is 7. The summed E-state index contributed by atoms with van der Waals surface area (Å²) in [4.78, 5) is 40.3. The maximum absolute atomic E-state index is 13.9. The minimum absolute atomic E-state index is 0.0348. The van der Waals surface area contributed by atoms with Gasteiger partial charge in [-0.1, -0.05) is 38.1 Å². The quantitative estimate of drug-likeness (QED) is 0.152. The molecular formula is C36H36F2N4O5. The van der Waals surface area contributed by atoms with Crippen molar-refractivity contribution >= 4 is 35.0 Å². The standard InChI is InChI=1S/C36H36F2N4O5/c1-22-16-23(2)20-40(19-22)31-15-10-27(18-32(31)42(45)46)36(44)47-21-33(43)41-35(25-8-13-29(38)14-9-25)30-5-3-4-26(34(30)39-41)17-24-6-11-28(37)12-7-24/h6-15,17-18,22-23,30,35H,3-5,16,19-21H2,1-2H3. The lowest BCUT2D eigenvalue weighted by Crippen LogP contribution is -2.39. The van der Waals surface area contributed by atoms with Crippen molar-refractivity contribution in [1.82, 2.24) is 5.01 Å². The number of anilines is 1. The lowest BCUT2D eigenvalue weighted by atomic mass is 9.77. The van der Waals surface area contributed by atoms with Crippen molar-refractivity contribution in [3.63, 3.8) is 0 Å². The first-order valence-electron chi connectivity index (χ1n) is 15.9. The second kappa shape index (κ2) is 13.4. The summed E-state index contributed by atoms with van der Waals surface area (Å²) in [5, 5.41) is 18.0. The zero-order valence-electron chi connectivity index (χ0n) is 26.3. The molecule has 1 saturated carbocycles. The number of nitro benzene ring substituents is 1. The molecule has 1 saturated heterocycles. The van der Waals surface area contributed by atoms with Gasteiger partial charge in [0.25, 0.3) is 11.6 Å². The summed E-state index contributed by atoms with van der Waals surface area (Å²) in [7, 11) is 0. The van der Waals surface area contributed by atoms with Crippen LogP contribution in [0, 0.1) is 39.5 Å². The van der Waals surface area contributed by atoms with Crippen LogP contribution in [0.25, 0.3) is 6.08 Å². The van der Waals surface area contributed by atoms with Crippen molar-refractivity contribution in [1.29, 1.82) is 0 Å². The van der Waals surface area contributed by atoms with Gasteiger partial charge in [0.15, 0.2) is 6.61 Å². The molecule has 1 aliphatic carbocycles. The van der Waals surface area contributed by atoms with Gasteiger partial charge in [-0.3, -0.25) is 14.9 Å². The average Bonchev–Trinajstić information content (AvgIpc) is 3.45. The molecule has 2 aliphatic heterocycles. The molecule has 0 N–H and O–H groups in total. The maximum Gasteiger partial charge on any atom is 0.338 e. The molecule has 11 heteroatoms. The maximum atomic E-state index is 13.9. The van der Waals surface area contributed by atoms with Crippen LogP contribution in [0.15, 0.2) is 77.4 Å². The molecule has 3 aliphatic rings. The Labute approximate surface area is 271 Å². The predicted molar refractivity (Wildman–Crippen MR) is 174 cm³/mol. The topological polar surface area (TPSA) is 105 Å². The Morgan fingerprint density at radius 2 is 1.66 bits per heavy atom. The number of fused-ring (bicyclic) bond motifs is 1. The van der Waals surface area contributed by atoms with Crippen LogP contribution < -0.4 is 4.90 Å². The van der Waals surface area contributed by atoms with Gasteiger partial charge in [0.05, 0.1) is 22.2 Å². The first-order chi connectivity index (χ1) is 22.6. The van der Waals surface area contributed by atoms with Gasteiger partial charge in [0.1, 0.15) is 17.3 Å². The van der Waals surface area contributed by atoms with E-state index < -0.39 is 35.3 Å². The Hall–Kier alpha value is -4.93. The molecule has 244 valence electrons. The molecule has 9 nitrogen and oxygen atoms in total. The molecule has 3 aromatic rings. The number of nitrogens with zero attached hydrogens (tertiary/aromatic N) is 4. The monoisotopic (exact) mass is 642 g/mol. The summed E-state index contributed by atoms with van der Waals surface area (Å²) in [5.74, 6) is -1.64. The summed E-state index contributed by atoms with van der Waals surface area (Å²) < 4.78 is 32.8. The fraction of sp³-hybridized carbons (Fsp3) is 0.361.